The number of benzene rings is 1. The lowest BCUT2D eigenvalue weighted by Gasteiger charge is -2.21. The van der Waals surface area contributed by atoms with Crippen LogP contribution in [-0.2, 0) is 24.1 Å². The smallest absolute Gasteiger partial charge is 0.374 e. The number of rotatable bonds is 6. The third-order valence-corrected chi connectivity index (χ3v) is 4.84. The van der Waals surface area contributed by atoms with Crippen molar-refractivity contribution >= 4 is 21.4 Å². The first-order chi connectivity index (χ1) is 11.1. The van der Waals surface area contributed by atoms with Gasteiger partial charge in [-0.05, 0) is 31.5 Å². The summed E-state index contributed by atoms with van der Waals surface area (Å²) in [7, 11) is -3.31. The molecular formula is C17H21FO5S. The number of alkyl halides is 1. The molecule has 0 saturated heterocycles. The molecule has 0 aliphatic carbocycles. The van der Waals surface area contributed by atoms with Crippen molar-refractivity contribution < 1.29 is 27.1 Å². The highest BCUT2D eigenvalue weighted by Gasteiger charge is 2.42. The molecule has 0 radical (unpaired) electrons. The van der Waals surface area contributed by atoms with Crippen molar-refractivity contribution in [2.45, 2.75) is 31.3 Å². The summed E-state index contributed by atoms with van der Waals surface area (Å²) in [6.45, 7) is 4.62. The lowest BCUT2D eigenvalue weighted by atomic mass is 9.92. The van der Waals surface area contributed by atoms with Gasteiger partial charge in [0.2, 0.25) is 5.76 Å². The van der Waals surface area contributed by atoms with Crippen molar-refractivity contribution in [2.75, 3.05) is 19.5 Å². The van der Waals surface area contributed by atoms with Gasteiger partial charge < -0.3 is 9.47 Å². The van der Waals surface area contributed by atoms with Gasteiger partial charge >= 0.3 is 5.97 Å². The van der Waals surface area contributed by atoms with Crippen LogP contribution < -0.4 is 0 Å². The summed E-state index contributed by atoms with van der Waals surface area (Å²) in [6.07, 6.45) is 1.13. The Labute approximate surface area is 141 Å². The van der Waals surface area contributed by atoms with E-state index >= 15 is 0 Å². The Morgan fingerprint density at radius 3 is 2.33 bits per heavy atom. The van der Waals surface area contributed by atoms with E-state index in [1.165, 1.54) is 12.1 Å². The minimum atomic E-state index is -3.31. The van der Waals surface area contributed by atoms with E-state index in [0.717, 1.165) is 6.26 Å². The second-order valence-corrected chi connectivity index (χ2v) is 8.49. The molecule has 2 rings (SSSR count). The lowest BCUT2D eigenvalue weighted by Crippen LogP contribution is -2.22. The van der Waals surface area contributed by atoms with Crippen LogP contribution in [0.25, 0.3) is 5.57 Å². The van der Waals surface area contributed by atoms with Crippen molar-refractivity contribution in [1.29, 1.82) is 0 Å². The largest absolute Gasteiger partial charge is 0.486 e. The zero-order valence-corrected chi connectivity index (χ0v) is 14.9. The van der Waals surface area contributed by atoms with Crippen LogP contribution in [0.15, 0.2) is 34.9 Å². The van der Waals surface area contributed by atoms with Crippen LogP contribution in [0.5, 0.6) is 0 Å². The summed E-state index contributed by atoms with van der Waals surface area (Å²) in [6, 6.07) is 6.16. The lowest BCUT2D eigenvalue weighted by molar-refractivity contribution is -0.147. The van der Waals surface area contributed by atoms with Gasteiger partial charge in [0, 0.05) is 12.2 Å². The molecule has 0 amide bonds. The van der Waals surface area contributed by atoms with E-state index in [-0.39, 0.29) is 23.2 Å². The highest BCUT2D eigenvalue weighted by atomic mass is 32.2. The monoisotopic (exact) mass is 356 g/mol. The maximum atomic E-state index is 12.6. The molecule has 0 aromatic heterocycles. The van der Waals surface area contributed by atoms with Crippen molar-refractivity contribution in [1.82, 2.24) is 0 Å². The molecular weight excluding hydrogens is 335 g/mol. The first-order valence-corrected chi connectivity index (χ1v) is 9.42. The fourth-order valence-corrected chi connectivity index (χ4v) is 3.08. The minimum absolute atomic E-state index is 0.0485. The maximum absolute atomic E-state index is 12.6. The summed E-state index contributed by atoms with van der Waals surface area (Å²) < 4.78 is 46.6. The van der Waals surface area contributed by atoms with Gasteiger partial charge in [-0.2, -0.15) is 0 Å². The highest BCUT2D eigenvalue weighted by molar-refractivity contribution is 7.90. The number of sulfone groups is 1. The second kappa shape index (κ2) is 6.55. The SMILES string of the molecule is C[C@H](CF)COC1=C(c2ccc(S(C)(=O)=O)cc2)C(C)(C)OC1=O. The predicted molar refractivity (Wildman–Crippen MR) is 87.7 cm³/mol. The third-order valence-electron chi connectivity index (χ3n) is 3.71. The van der Waals surface area contributed by atoms with Gasteiger partial charge in [-0.1, -0.05) is 19.1 Å². The number of carbonyl (C=O) groups is 1. The molecule has 1 aliphatic rings. The molecule has 0 N–H and O–H groups in total. The number of halogens is 1. The van der Waals surface area contributed by atoms with Gasteiger partial charge in [-0.15, -0.1) is 0 Å². The van der Waals surface area contributed by atoms with Gasteiger partial charge in [0.05, 0.1) is 23.8 Å². The maximum Gasteiger partial charge on any atom is 0.374 e. The normalized spacial score (nSPS) is 18.5. The van der Waals surface area contributed by atoms with Gasteiger partial charge in [0.1, 0.15) is 5.60 Å². The molecule has 0 spiro atoms. The van der Waals surface area contributed by atoms with E-state index in [1.807, 2.05) is 0 Å². The molecule has 1 aromatic carbocycles. The molecule has 1 atom stereocenters. The zero-order valence-electron chi connectivity index (χ0n) is 14.1. The Balaban J connectivity index is 2.44. The summed E-state index contributed by atoms with van der Waals surface area (Å²) in [5.41, 5.74) is 0.234. The third kappa shape index (κ3) is 3.77. The number of ether oxygens (including phenoxy) is 2. The van der Waals surface area contributed by atoms with E-state index in [1.54, 1.807) is 32.9 Å². The first kappa shape index (κ1) is 18.4. The summed E-state index contributed by atoms with van der Waals surface area (Å²) >= 11 is 0. The van der Waals surface area contributed by atoms with Crippen LogP contribution in [0.3, 0.4) is 0 Å². The Bertz CT molecular complexity index is 763. The Hall–Kier alpha value is -1.89. The van der Waals surface area contributed by atoms with Crippen LogP contribution in [0.1, 0.15) is 26.3 Å². The van der Waals surface area contributed by atoms with E-state index in [9.17, 15) is 17.6 Å². The number of esters is 1. The fourth-order valence-electron chi connectivity index (χ4n) is 2.45. The molecule has 24 heavy (non-hydrogen) atoms. The minimum Gasteiger partial charge on any atom is -0.486 e. The number of cyclic esters (lactones) is 1. The van der Waals surface area contributed by atoms with Crippen LogP contribution in [0.2, 0.25) is 0 Å². The molecule has 7 heteroatoms. The number of hydrogen-bond donors (Lipinski definition) is 0. The van der Waals surface area contributed by atoms with E-state index < -0.39 is 28.1 Å². The van der Waals surface area contributed by atoms with Crippen LogP contribution in [0, 0.1) is 5.92 Å². The predicted octanol–water partition coefficient (Wildman–Crippen LogP) is 2.76. The Morgan fingerprint density at radius 2 is 1.83 bits per heavy atom. The van der Waals surface area contributed by atoms with Gasteiger partial charge in [-0.3, -0.25) is 4.39 Å². The molecule has 132 valence electrons. The summed E-state index contributed by atoms with van der Waals surface area (Å²) in [5.74, 6) is -0.900. The van der Waals surface area contributed by atoms with Crippen molar-refractivity contribution in [3.05, 3.63) is 35.6 Å². The zero-order chi connectivity index (χ0) is 18.1. The average Bonchev–Trinajstić information content (AvgIpc) is 2.72. The Kier molecular flexibility index (Phi) is 5.03. The molecule has 1 aromatic rings. The standard InChI is InChI=1S/C17H21FO5S/c1-11(9-18)10-22-15-14(17(2,3)23-16(15)19)12-5-7-13(8-6-12)24(4,20)21/h5-8,11H,9-10H2,1-4H3/t11-/m1/s1. The number of hydrogen-bond acceptors (Lipinski definition) is 5. The number of carbonyl (C=O) groups excluding carboxylic acids is 1. The van der Waals surface area contributed by atoms with Gasteiger partial charge in [0.25, 0.3) is 0 Å². The summed E-state index contributed by atoms with van der Waals surface area (Å²) in [5, 5.41) is 0. The van der Waals surface area contributed by atoms with Crippen molar-refractivity contribution in [3.63, 3.8) is 0 Å². The molecule has 1 heterocycles. The topological polar surface area (TPSA) is 69.7 Å². The summed E-state index contributed by atoms with van der Waals surface area (Å²) in [4.78, 5) is 12.3. The quantitative estimate of drug-likeness (QED) is 0.733. The van der Waals surface area contributed by atoms with E-state index in [0.29, 0.717) is 11.1 Å². The molecule has 0 saturated carbocycles. The molecule has 5 nitrogen and oxygen atoms in total. The molecule has 1 aliphatic heterocycles. The average molecular weight is 356 g/mol. The highest BCUT2D eigenvalue weighted by Crippen LogP contribution is 2.40. The molecule has 0 fully saturated rings. The van der Waals surface area contributed by atoms with Crippen molar-refractivity contribution in [3.8, 4) is 0 Å². The first-order valence-electron chi connectivity index (χ1n) is 7.53. The van der Waals surface area contributed by atoms with Gasteiger partial charge in [-0.25, -0.2) is 13.2 Å². The Morgan fingerprint density at radius 1 is 1.25 bits per heavy atom. The molecule has 0 bridgehead atoms. The van der Waals surface area contributed by atoms with Gasteiger partial charge in [0.15, 0.2) is 9.84 Å². The fraction of sp³-hybridized carbons (Fsp3) is 0.471. The second-order valence-electron chi connectivity index (χ2n) is 6.47. The molecule has 0 unspecified atom stereocenters. The van der Waals surface area contributed by atoms with Crippen molar-refractivity contribution in [2.24, 2.45) is 5.92 Å². The van der Waals surface area contributed by atoms with Crippen LogP contribution in [0.4, 0.5) is 4.39 Å². The van der Waals surface area contributed by atoms with E-state index in [2.05, 4.69) is 0 Å². The van der Waals surface area contributed by atoms with Crippen LogP contribution in [-0.4, -0.2) is 39.5 Å². The van der Waals surface area contributed by atoms with Crippen LogP contribution >= 0.6 is 0 Å². The van der Waals surface area contributed by atoms with E-state index in [4.69, 9.17) is 9.47 Å².